The third-order valence-corrected chi connectivity index (χ3v) is 9.33. The molecule has 2 atom stereocenters. The van der Waals surface area contributed by atoms with E-state index in [4.69, 9.17) is 0 Å². The molecule has 4 rings (SSSR count). The number of nitrogens with one attached hydrogen (secondary N) is 1. The van der Waals surface area contributed by atoms with Crippen LogP contribution in [0.5, 0.6) is 0 Å². The van der Waals surface area contributed by atoms with Gasteiger partial charge in [-0.15, -0.1) is 0 Å². The summed E-state index contributed by atoms with van der Waals surface area (Å²) in [6.45, 7) is 12.4. The summed E-state index contributed by atoms with van der Waals surface area (Å²) in [5.41, 5.74) is 1.87. The number of piperazine rings is 1. The van der Waals surface area contributed by atoms with E-state index in [1.807, 2.05) is 11.8 Å². The Morgan fingerprint density at radius 3 is 2.37 bits per heavy atom. The SMILES string of the molecule is Cc1[nH]cnc1CN1CCN(C(=O)C2C(C)(C)C2(C)C)[C@@H]2CS(=O)(=O)C[C@@H]21. The average Bonchev–Trinajstić information content (AvgIpc) is 2.90. The number of sulfone groups is 1. The van der Waals surface area contributed by atoms with Crippen LogP contribution in [0.1, 0.15) is 39.1 Å². The first kappa shape index (κ1) is 18.9. The number of imidazole rings is 1. The predicted octanol–water partition coefficient (Wildman–Crippen LogP) is 1.21. The number of rotatable bonds is 3. The molecule has 1 amide bonds. The second-order valence-electron chi connectivity index (χ2n) is 9.56. The molecule has 7 nitrogen and oxygen atoms in total. The lowest BCUT2D eigenvalue weighted by molar-refractivity contribution is -0.139. The van der Waals surface area contributed by atoms with Crippen molar-refractivity contribution in [3.05, 3.63) is 17.7 Å². The number of amides is 1. The minimum absolute atomic E-state index is 0.0333. The number of aromatic amines is 1. The largest absolute Gasteiger partial charge is 0.348 e. The Kier molecular flexibility index (Phi) is 4.06. The Balaban J connectivity index is 1.58. The highest BCUT2D eigenvalue weighted by molar-refractivity contribution is 7.91. The Morgan fingerprint density at radius 2 is 1.81 bits per heavy atom. The van der Waals surface area contributed by atoms with Gasteiger partial charge in [-0.3, -0.25) is 9.69 Å². The van der Waals surface area contributed by atoms with Crippen LogP contribution >= 0.6 is 0 Å². The Morgan fingerprint density at radius 1 is 1.19 bits per heavy atom. The maximum atomic E-state index is 13.3. The van der Waals surface area contributed by atoms with E-state index in [9.17, 15) is 13.2 Å². The summed E-state index contributed by atoms with van der Waals surface area (Å²) in [5, 5.41) is 0. The second kappa shape index (κ2) is 5.80. The molecule has 2 saturated heterocycles. The van der Waals surface area contributed by atoms with Gasteiger partial charge < -0.3 is 9.88 Å². The Hall–Kier alpha value is -1.41. The van der Waals surface area contributed by atoms with Crippen LogP contribution in [0.4, 0.5) is 0 Å². The van der Waals surface area contributed by atoms with Crippen molar-refractivity contribution in [1.29, 1.82) is 0 Å². The summed E-state index contributed by atoms with van der Waals surface area (Å²) in [6, 6.07) is -0.392. The van der Waals surface area contributed by atoms with Crippen molar-refractivity contribution in [2.45, 2.75) is 53.2 Å². The summed E-state index contributed by atoms with van der Waals surface area (Å²) in [6.07, 6.45) is 1.67. The van der Waals surface area contributed by atoms with Gasteiger partial charge in [0.15, 0.2) is 9.84 Å². The van der Waals surface area contributed by atoms with Crippen molar-refractivity contribution < 1.29 is 13.2 Å². The molecular weight excluding hydrogens is 364 g/mol. The lowest BCUT2D eigenvalue weighted by Gasteiger charge is -2.44. The lowest BCUT2D eigenvalue weighted by atomic mass is 10.0. The molecular formula is C19H30N4O3S. The first-order valence-corrected chi connectivity index (χ1v) is 11.5. The highest BCUT2D eigenvalue weighted by atomic mass is 32.2. The quantitative estimate of drug-likeness (QED) is 0.833. The second-order valence-corrected chi connectivity index (χ2v) is 11.7. The number of aryl methyl sites for hydroxylation is 1. The van der Waals surface area contributed by atoms with E-state index in [0.717, 1.165) is 11.4 Å². The van der Waals surface area contributed by atoms with E-state index in [-0.39, 0.29) is 46.2 Å². The molecule has 150 valence electrons. The van der Waals surface area contributed by atoms with Gasteiger partial charge in [-0.2, -0.15) is 0 Å². The van der Waals surface area contributed by atoms with Crippen LogP contribution in [-0.4, -0.2) is 70.8 Å². The van der Waals surface area contributed by atoms with Crippen molar-refractivity contribution >= 4 is 15.7 Å². The van der Waals surface area contributed by atoms with Crippen LogP contribution in [0.15, 0.2) is 6.33 Å². The molecule has 1 saturated carbocycles. The Bertz CT molecular complexity index is 859. The van der Waals surface area contributed by atoms with E-state index >= 15 is 0 Å². The van der Waals surface area contributed by atoms with Gasteiger partial charge in [-0.25, -0.2) is 13.4 Å². The zero-order chi connectivity index (χ0) is 19.8. The molecule has 3 fully saturated rings. The van der Waals surface area contributed by atoms with E-state index in [0.29, 0.717) is 19.6 Å². The zero-order valence-electron chi connectivity index (χ0n) is 16.8. The maximum Gasteiger partial charge on any atom is 0.227 e. The molecule has 0 unspecified atom stereocenters. The molecule has 0 radical (unpaired) electrons. The van der Waals surface area contributed by atoms with Crippen molar-refractivity contribution in [1.82, 2.24) is 19.8 Å². The van der Waals surface area contributed by atoms with E-state index in [2.05, 4.69) is 42.6 Å². The molecule has 0 bridgehead atoms. The molecule has 1 N–H and O–H groups in total. The monoisotopic (exact) mass is 394 g/mol. The summed E-state index contributed by atoms with van der Waals surface area (Å²) >= 11 is 0. The predicted molar refractivity (Wildman–Crippen MR) is 103 cm³/mol. The van der Waals surface area contributed by atoms with E-state index in [1.165, 1.54) is 0 Å². The lowest BCUT2D eigenvalue weighted by Crippen LogP contribution is -2.60. The van der Waals surface area contributed by atoms with E-state index < -0.39 is 9.84 Å². The fraction of sp³-hybridized carbons (Fsp3) is 0.789. The molecule has 8 heteroatoms. The highest BCUT2D eigenvalue weighted by Crippen LogP contribution is 2.69. The number of hydrogen-bond acceptors (Lipinski definition) is 5. The molecule has 1 aliphatic carbocycles. The topological polar surface area (TPSA) is 86.4 Å². The fourth-order valence-corrected chi connectivity index (χ4v) is 7.23. The van der Waals surface area contributed by atoms with Crippen molar-refractivity contribution in [2.75, 3.05) is 24.6 Å². The number of aromatic nitrogens is 2. The highest BCUT2D eigenvalue weighted by Gasteiger charge is 2.69. The van der Waals surface area contributed by atoms with Crippen LogP contribution in [0, 0.1) is 23.7 Å². The van der Waals surface area contributed by atoms with Gasteiger partial charge in [0.05, 0.1) is 29.6 Å². The van der Waals surface area contributed by atoms with Gasteiger partial charge in [-0.05, 0) is 17.8 Å². The minimum Gasteiger partial charge on any atom is -0.348 e. The van der Waals surface area contributed by atoms with Crippen LogP contribution in [0.2, 0.25) is 0 Å². The van der Waals surface area contributed by atoms with Gasteiger partial charge in [0.1, 0.15) is 0 Å². The first-order valence-electron chi connectivity index (χ1n) is 9.69. The summed E-state index contributed by atoms with van der Waals surface area (Å²) in [7, 11) is -3.14. The Labute approximate surface area is 161 Å². The van der Waals surface area contributed by atoms with Crippen molar-refractivity contribution in [2.24, 2.45) is 16.7 Å². The van der Waals surface area contributed by atoms with Crippen LogP contribution in [0.25, 0.3) is 0 Å². The molecule has 3 aliphatic rings. The van der Waals surface area contributed by atoms with Crippen LogP contribution < -0.4 is 0 Å². The summed E-state index contributed by atoms with van der Waals surface area (Å²) < 4.78 is 24.9. The first-order chi connectivity index (χ1) is 12.5. The smallest absolute Gasteiger partial charge is 0.227 e. The number of fused-ring (bicyclic) bond motifs is 1. The number of carbonyl (C=O) groups excluding carboxylic acids is 1. The van der Waals surface area contributed by atoms with Crippen molar-refractivity contribution in [3.8, 4) is 0 Å². The molecule has 3 heterocycles. The number of nitrogens with zero attached hydrogens (tertiary/aromatic N) is 3. The number of H-pyrrole nitrogens is 1. The van der Waals surface area contributed by atoms with Crippen LogP contribution in [0.3, 0.4) is 0 Å². The third kappa shape index (κ3) is 2.83. The van der Waals surface area contributed by atoms with Gasteiger partial charge in [0.2, 0.25) is 5.91 Å². The maximum absolute atomic E-state index is 13.3. The van der Waals surface area contributed by atoms with Crippen molar-refractivity contribution in [3.63, 3.8) is 0 Å². The molecule has 1 aromatic rings. The van der Waals surface area contributed by atoms with Gasteiger partial charge in [0.25, 0.3) is 0 Å². The van der Waals surface area contributed by atoms with Gasteiger partial charge in [0, 0.05) is 37.3 Å². The fourth-order valence-electron chi connectivity index (χ4n) is 5.21. The normalized spacial score (nSPS) is 31.7. The molecule has 1 aromatic heterocycles. The molecule has 0 aromatic carbocycles. The minimum atomic E-state index is -3.14. The molecule has 0 spiro atoms. The summed E-state index contributed by atoms with van der Waals surface area (Å²) in [5.74, 6) is 0.303. The number of hydrogen-bond donors (Lipinski definition) is 1. The van der Waals surface area contributed by atoms with Gasteiger partial charge in [-0.1, -0.05) is 27.7 Å². The molecule has 27 heavy (non-hydrogen) atoms. The molecule has 2 aliphatic heterocycles. The standard InChI is InChI=1S/C19H30N4O3S/c1-12-13(21-11-20-12)8-22-6-7-23(15-10-27(25,26)9-14(15)22)17(24)16-18(2,3)19(16,4)5/h11,14-16H,6-10H2,1-5H3,(H,20,21)/t14-,15+/m0/s1. The average molecular weight is 395 g/mol. The van der Waals surface area contributed by atoms with Crippen LogP contribution in [-0.2, 0) is 21.2 Å². The van der Waals surface area contributed by atoms with Gasteiger partial charge >= 0.3 is 0 Å². The summed E-state index contributed by atoms with van der Waals surface area (Å²) in [4.78, 5) is 24.8. The third-order valence-electron chi connectivity index (χ3n) is 7.63. The van der Waals surface area contributed by atoms with E-state index in [1.54, 1.807) is 6.33 Å². The zero-order valence-corrected chi connectivity index (χ0v) is 17.6. The number of carbonyl (C=O) groups is 1.